The molecule has 0 fully saturated rings. The number of amides is 2. The van der Waals surface area contributed by atoms with Crippen molar-refractivity contribution in [3.05, 3.63) is 40.9 Å². The van der Waals surface area contributed by atoms with Gasteiger partial charge in [0.05, 0.1) is 33.6 Å². The second kappa shape index (κ2) is 9.78. The minimum atomic E-state index is -0.378. The average Bonchev–Trinajstić information content (AvgIpc) is 2.67. The summed E-state index contributed by atoms with van der Waals surface area (Å²) in [5.41, 5.74) is 1.37. The van der Waals surface area contributed by atoms with Gasteiger partial charge >= 0.3 is 6.03 Å². The minimum Gasteiger partial charge on any atom is -0.495 e. The second-order valence-corrected chi connectivity index (χ2v) is 5.93. The lowest BCUT2D eigenvalue weighted by atomic mass is 10.2. The molecule has 7 nitrogen and oxygen atoms in total. The monoisotopic (exact) mass is 394 g/mol. The highest BCUT2D eigenvalue weighted by Crippen LogP contribution is 2.36. The number of hydrogen-bond donors (Lipinski definition) is 2. The number of rotatable bonds is 8. The van der Waals surface area contributed by atoms with Gasteiger partial charge in [0.2, 0.25) is 5.75 Å². The number of carbonyl (C=O) groups excluding carboxylic acids is 1. The van der Waals surface area contributed by atoms with E-state index in [9.17, 15) is 4.79 Å². The van der Waals surface area contributed by atoms with Gasteiger partial charge in [0.25, 0.3) is 0 Å². The molecule has 0 aromatic heterocycles. The molecule has 2 rings (SSSR count). The van der Waals surface area contributed by atoms with E-state index < -0.39 is 0 Å². The highest BCUT2D eigenvalue weighted by molar-refractivity contribution is 6.31. The lowest BCUT2D eigenvalue weighted by Gasteiger charge is -2.15. The Balaban J connectivity index is 1.88. The molecule has 0 unspecified atom stereocenters. The number of benzene rings is 2. The molecule has 0 bridgehead atoms. The summed E-state index contributed by atoms with van der Waals surface area (Å²) in [4.78, 5) is 12.1. The van der Waals surface area contributed by atoms with Crippen LogP contribution >= 0.6 is 11.6 Å². The van der Waals surface area contributed by atoms with Crippen LogP contribution in [0.3, 0.4) is 0 Å². The topological polar surface area (TPSA) is 78.1 Å². The molecule has 27 heavy (non-hydrogen) atoms. The van der Waals surface area contributed by atoms with E-state index in [2.05, 4.69) is 10.6 Å². The largest absolute Gasteiger partial charge is 0.495 e. The van der Waals surface area contributed by atoms with Gasteiger partial charge in [-0.2, -0.15) is 0 Å². The zero-order chi connectivity index (χ0) is 19.8. The number of halogens is 1. The molecule has 0 aliphatic heterocycles. The lowest BCUT2D eigenvalue weighted by Crippen LogP contribution is -2.32. The first-order chi connectivity index (χ1) is 13.0. The number of para-hydroxylation sites is 1. The molecular formula is C19H23ClN2O5. The van der Waals surface area contributed by atoms with Crippen molar-refractivity contribution in [2.75, 3.05) is 39.8 Å². The molecule has 8 heteroatoms. The highest BCUT2D eigenvalue weighted by Gasteiger charge is 2.12. The first-order valence-electron chi connectivity index (χ1n) is 8.23. The van der Waals surface area contributed by atoms with Crippen LogP contribution in [0.1, 0.15) is 5.56 Å². The first kappa shape index (κ1) is 20.5. The number of urea groups is 1. The summed E-state index contributed by atoms with van der Waals surface area (Å²) in [6, 6.07) is 8.37. The summed E-state index contributed by atoms with van der Waals surface area (Å²) >= 11 is 6.06. The summed E-state index contributed by atoms with van der Waals surface area (Å²) < 4.78 is 21.4. The quantitative estimate of drug-likeness (QED) is 0.664. The number of nitrogens with one attached hydrogen (secondary N) is 2. The van der Waals surface area contributed by atoms with E-state index in [1.807, 2.05) is 6.92 Å². The number of aryl methyl sites for hydroxylation is 1. The molecule has 0 saturated heterocycles. The Bertz CT molecular complexity index is 798. The van der Waals surface area contributed by atoms with E-state index in [0.29, 0.717) is 40.3 Å². The Kier molecular flexibility index (Phi) is 7.43. The summed E-state index contributed by atoms with van der Waals surface area (Å²) in [7, 11) is 4.61. The Morgan fingerprint density at radius 3 is 2.41 bits per heavy atom. The van der Waals surface area contributed by atoms with Crippen molar-refractivity contribution in [1.82, 2.24) is 5.32 Å². The standard InChI is InChI=1S/C19H23ClN2O5/c1-12-10-14(17(25-3)11-13(12)20)22-19(23)21-8-9-27-16-7-5-6-15(24-2)18(16)26-4/h5-7,10-11H,8-9H2,1-4H3,(H2,21,22,23). The maximum atomic E-state index is 12.1. The maximum Gasteiger partial charge on any atom is 0.319 e. The number of methoxy groups -OCH3 is 3. The van der Waals surface area contributed by atoms with Gasteiger partial charge in [0, 0.05) is 11.1 Å². The zero-order valence-electron chi connectivity index (χ0n) is 15.7. The third kappa shape index (κ3) is 5.34. The number of anilines is 1. The van der Waals surface area contributed by atoms with Crippen molar-refractivity contribution in [3.8, 4) is 23.0 Å². The highest BCUT2D eigenvalue weighted by atomic mass is 35.5. The molecule has 146 valence electrons. The Morgan fingerprint density at radius 2 is 1.74 bits per heavy atom. The van der Waals surface area contributed by atoms with Gasteiger partial charge in [-0.25, -0.2) is 4.79 Å². The predicted octanol–water partition coefficient (Wildman–Crippen LogP) is 3.87. The molecule has 0 aliphatic rings. The summed E-state index contributed by atoms with van der Waals surface area (Å²) in [5.74, 6) is 2.10. The normalized spacial score (nSPS) is 10.1. The molecule has 0 saturated carbocycles. The zero-order valence-corrected chi connectivity index (χ0v) is 16.5. The fraction of sp³-hybridized carbons (Fsp3) is 0.316. The van der Waals surface area contributed by atoms with E-state index >= 15 is 0 Å². The predicted molar refractivity (Wildman–Crippen MR) is 105 cm³/mol. The van der Waals surface area contributed by atoms with Crippen molar-refractivity contribution < 1.29 is 23.7 Å². The van der Waals surface area contributed by atoms with Crippen molar-refractivity contribution in [1.29, 1.82) is 0 Å². The molecule has 0 spiro atoms. The molecular weight excluding hydrogens is 372 g/mol. The van der Waals surface area contributed by atoms with E-state index in [0.717, 1.165) is 5.56 Å². The lowest BCUT2D eigenvalue weighted by molar-refractivity contribution is 0.245. The molecule has 2 aromatic carbocycles. The van der Waals surface area contributed by atoms with Gasteiger partial charge in [0.1, 0.15) is 12.4 Å². The Hall–Kier alpha value is -2.80. The van der Waals surface area contributed by atoms with Crippen molar-refractivity contribution in [2.24, 2.45) is 0 Å². The van der Waals surface area contributed by atoms with Crippen LogP contribution in [0.2, 0.25) is 5.02 Å². The van der Waals surface area contributed by atoms with Crippen LogP contribution in [0.25, 0.3) is 0 Å². The van der Waals surface area contributed by atoms with Crippen LogP contribution in [0.5, 0.6) is 23.0 Å². The van der Waals surface area contributed by atoms with E-state index in [1.165, 1.54) is 14.2 Å². The van der Waals surface area contributed by atoms with Crippen LogP contribution in [0, 0.1) is 6.92 Å². The van der Waals surface area contributed by atoms with E-state index in [1.54, 1.807) is 37.4 Å². The summed E-state index contributed by atoms with van der Waals surface area (Å²) in [6.07, 6.45) is 0. The first-order valence-corrected chi connectivity index (χ1v) is 8.60. The van der Waals surface area contributed by atoms with Crippen LogP contribution in [-0.4, -0.2) is 40.5 Å². The third-order valence-corrected chi connectivity index (χ3v) is 4.15. The number of hydrogen-bond acceptors (Lipinski definition) is 5. The molecule has 2 N–H and O–H groups in total. The van der Waals surface area contributed by atoms with Gasteiger partial charge in [0.15, 0.2) is 11.5 Å². The molecule has 2 amide bonds. The third-order valence-electron chi connectivity index (χ3n) is 3.74. The maximum absolute atomic E-state index is 12.1. The van der Waals surface area contributed by atoms with Crippen molar-refractivity contribution >= 4 is 23.3 Å². The average molecular weight is 395 g/mol. The van der Waals surface area contributed by atoms with Gasteiger partial charge in [-0.3, -0.25) is 0 Å². The number of carbonyl (C=O) groups is 1. The van der Waals surface area contributed by atoms with Crippen LogP contribution in [0.4, 0.5) is 10.5 Å². The molecule has 0 heterocycles. The fourth-order valence-corrected chi connectivity index (χ4v) is 2.55. The Morgan fingerprint density at radius 1 is 1.04 bits per heavy atom. The fourth-order valence-electron chi connectivity index (χ4n) is 2.39. The van der Waals surface area contributed by atoms with Gasteiger partial charge in [-0.1, -0.05) is 17.7 Å². The van der Waals surface area contributed by atoms with Crippen molar-refractivity contribution in [3.63, 3.8) is 0 Å². The second-order valence-electron chi connectivity index (χ2n) is 5.52. The van der Waals surface area contributed by atoms with Gasteiger partial charge in [-0.15, -0.1) is 0 Å². The van der Waals surface area contributed by atoms with Crippen LogP contribution in [0.15, 0.2) is 30.3 Å². The van der Waals surface area contributed by atoms with Crippen LogP contribution < -0.4 is 29.6 Å². The summed E-state index contributed by atoms with van der Waals surface area (Å²) in [5, 5.41) is 6.02. The SMILES string of the molecule is COc1cc(Cl)c(C)cc1NC(=O)NCCOc1cccc(OC)c1OC. The van der Waals surface area contributed by atoms with Crippen LogP contribution in [-0.2, 0) is 0 Å². The molecule has 0 radical (unpaired) electrons. The molecule has 2 aromatic rings. The van der Waals surface area contributed by atoms with E-state index in [-0.39, 0.29) is 12.6 Å². The minimum absolute atomic E-state index is 0.258. The van der Waals surface area contributed by atoms with Crippen molar-refractivity contribution in [2.45, 2.75) is 6.92 Å². The number of ether oxygens (including phenoxy) is 4. The van der Waals surface area contributed by atoms with Gasteiger partial charge < -0.3 is 29.6 Å². The van der Waals surface area contributed by atoms with E-state index in [4.69, 9.17) is 30.5 Å². The smallest absolute Gasteiger partial charge is 0.319 e. The molecule has 0 aliphatic carbocycles. The van der Waals surface area contributed by atoms with Gasteiger partial charge in [-0.05, 0) is 30.7 Å². The Labute approximate surface area is 163 Å². The molecule has 0 atom stereocenters. The summed E-state index contributed by atoms with van der Waals surface area (Å²) in [6.45, 7) is 2.40.